The van der Waals surface area contributed by atoms with Crippen molar-refractivity contribution in [3.8, 4) is 0 Å². The molecule has 0 radical (unpaired) electrons. The number of aromatic amines is 1. The number of esters is 1. The molecule has 232 valence electrons. The third kappa shape index (κ3) is 5.13. The van der Waals surface area contributed by atoms with E-state index in [1.807, 2.05) is 18.3 Å². The third-order valence-electron chi connectivity index (χ3n) is 8.54. The first kappa shape index (κ1) is 30.1. The third-order valence-corrected chi connectivity index (χ3v) is 10.5. The standard InChI is InChI=1S/C30H26F5N3O5S/c31-23-24(32)26(34)28(27(35)25(23)33)44(41,42)38-11-10-22(38)29(39)37(20-8-9-21-18(12-20)15-43-30(21)40)14-19-7-6-17(13-36-19)16-4-2-1-3-5-16/h6-9,12-13,16,22H,1-5,10-11,14-15H2/p+1/t22-/m1/s1. The van der Waals surface area contributed by atoms with Gasteiger partial charge in [0.2, 0.25) is 21.7 Å². The molecule has 2 fully saturated rings. The summed E-state index contributed by atoms with van der Waals surface area (Å²) in [4.78, 5) is 28.4. The van der Waals surface area contributed by atoms with Crippen molar-refractivity contribution in [1.82, 2.24) is 4.31 Å². The zero-order chi connectivity index (χ0) is 31.3. The Morgan fingerprint density at radius 3 is 2.23 bits per heavy atom. The molecule has 1 aromatic heterocycles. The molecule has 0 bridgehead atoms. The minimum absolute atomic E-state index is 0.0313. The van der Waals surface area contributed by atoms with Gasteiger partial charge in [-0.2, -0.15) is 4.31 Å². The molecule has 1 aliphatic carbocycles. The van der Waals surface area contributed by atoms with Crippen LogP contribution in [0, 0.1) is 29.1 Å². The quantitative estimate of drug-likeness (QED) is 0.159. The first-order valence-corrected chi connectivity index (χ1v) is 15.6. The Morgan fingerprint density at radius 1 is 0.932 bits per heavy atom. The maximum atomic E-state index is 14.5. The topological polar surface area (TPSA) is 98.1 Å². The maximum absolute atomic E-state index is 14.5. The summed E-state index contributed by atoms with van der Waals surface area (Å²) in [6.07, 6.45) is 7.43. The molecular formula is C30H27F5N3O5S+. The highest BCUT2D eigenvalue weighted by Crippen LogP contribution is 2.36. The van der Waals surface area contributed by atoms with Crippen molar-refractivity contribution < 1.29 is 49.7 Å². The Bertz CT molecular complexity index is 1730. The first-order valence-electron chi connectivity index (χ1n) is 14.1. The van der Waals surface area contributed by atoms with E-state index in [-0.39, 0.29) is 31.8 Å². The van der Waals surface area contributed by atoms with Crippen LogP contribution in [0.25, 0.3) is 0 Å². The summed E-state index contributed by atoms with van der Waals surface area (Å²) in [5, 5.41) is 0. The number of carbonyl (C=O) groups is 2. The molecule has 6 rings (SSSR count). The number of H-pyrrole nitrogens is 1. The van der Waals surface area contributed by atoms with Crippen molar-refractivity contribution in [3.05, 3.63) is 88.0 Å². The number of hydrogen-bond acceptors (Lipinski definition) is 5. The Morgan fingerprint density at radius 2 is 1.61 bits per heavy atom. The number of ether oxygens (including phenoxy) is 1. The van der Waals surface area contributed by atoms with Gasteiger partial charge in [-0.05, 0) is 49.4 Å². The zero-order valence-electron chi connectivity index (χ0n) is 23.2. The van der Waals surface area contributed by atoms with Crippen LogP contribution < -0.4 is 9.88 Å². The number of carbonyl (C=O) groups excluding carboxylic acids is 2. The Labute approximate surface area is 249 Å². The number of pyridine rings is 1. The maximum Gasteiger partial charge on any atom is 0.338 e. The fraction of sp³-hybridized carbons (Fsp3) is 0.367. The number of fused-ring (bicyclic) bond motifs is 1. The molecule has 3 heterocycles. The lowest BCUT2D eigenvalue weighted by Crippen LogP contribution is -2.59. The smallest absolute Gasteiger partial charge is 0.338 e. The van der Waals surface area contributed by atoms with Crippen LogP contribution in [0.2, 0.25) is 0 Å². The molecule has 2 aromatic carbocycles. The number of aromatic nitrogens is 1. The average Bonchev–Trinajstić information content (AvgIpc) is 3.37. The summed E-state index contributed by atoms with van der Waals surface area (Å²) in [6, 6.07) is 6.79. The summed E-state index contributed by atoms with van der Waals surface area (Å²) in [7, 11) is -5.33. The van der Waals surface area contributed by atoms with Crippen LogP contribution >= 0.6 is 0 Å². The minimum atomic E-state index is -5.33. The van der Waals surface area contributed by atoms with Crippen molar-refractivity contribution in [2.45, 2.75) is 68.5 Å². The number of halogens is 5. The van der Waals surface area contributed by atoms with Gasteiger partial charge in [0.05, 0.1) is 5.56 Å². The number of nitrogens with one attached hydrogen (secondary N) is 1. The second-order valence-electron chi connectivity index (χ2n) is 11.1. The monoisotopic (exact) mass is 636 g/mol. The molecule has 1 saturated carbocycles. The van der Waals surface area contributed by atoms with Crippen LogP contribution in [0.1, 0.15) is 71.6 Å². The Kier molecular flexibility index (Phi) is 7.91. The second-order valence-corrected chi connectivity index (χ2v) is 13.0. The molecule has 0 unspecified atom stereocenters. The molecule has 3 aliphatic rings. The highest BCUT2D eigenvalue weighted by molar-refractivity contribution is 7.89. The molecule has 0 spiro atoms. The van der Waals surface area contributed by atoms with E-state index in [2.05, 4.69) is 4.98 Å². The van der Waals surface area contributed by atoms with Gasteiger partial charge in [0, 0.05) is 29.4 Å². The number of cyclic esters (lactones) is 1. The van der Waals surface area contributed by atoms with Crippen LogP contribution in [-0.2, 0) is 32.7 Å². The van der Waals surface area contributed by atoms with E-state index in [9.17, 15) is 40.0 Å². The largest absolute Gasteiger partial charge is 0.457 e. The van der Waals surface area contributed by atoms with Crippen LogP contribution in [0.3, 0.4) is 0 Å². The average molecular weight is 637 g/mol. The number of hydrogen-bond donors (Lipinski definition) is 0. The van der Waals surface area contributed by atoms with Crippen LogP contribution in [0.4, 0.5) is 27.6 Å². The van der Waals surface area contributed by atoms with Crippen LogP contribution in [0.15, 0.2) is 41.4 Å². The fourth-order valence-electron chi connectivity index (χ4n) is 6.02. The highest BCUT2D eigenvalue weighted by atomic mass is 32.2. The van der Waals surface area contributed by atoms with E-state index in [0.717, 1.165) is 31.2 Å². The van der Waals surface area contributed by atoms with Crippen molar-refractivity contribution in [2.24, 2.45) is 0 Å². The Hall–Kier alpha value is -3.91. The summed E-state index contributed by atoms with van der Waals surface area (Å²) < 4.78 is 102. The number of nitrogens with zero attached hydrogens (tertiary/aromatic N) is 2. The van der Waals surface area contributed by atoms with Gasteiger partial charge in [-0.1, -0.05) is 19.3 Å². The van der Waals surface area contributed by atoms with Gasteiger partial charge in [-0.15, -0.1) is 0 Å². The minimum Gasteiger partial charge on any atom is -0.457 e. The summed E-state index contributed by atoms with van der Waals surface area (Å²) in [5.74, 6) is -13.2. The van der Waals surface area contributed by atoms with E-state index in [4.69, 9.17) is 4.74 Å². The zero-order valence-corrected chi connectivity index (χ0v) is 24.0. The number of amides is 1. The van der Waals surface area contributed by atoms with Gasteiger partial charge in [-0.25, -0.2) is 40.1 Å². The molecule has 8 nitrogen and oxygen atoms in total. The lowest BCUT2D eigenvalue weighted by molar-refractivity contribution is -0.391. The van der Waals surface area contributed by atoms with E-state index >= 15 is 0 Å². The first-order chi connectivity index (χ1) is 21.0. The number of rotatable bonds is 7. The van der Waals surface area contributed by atoms with Crippen molar-refractivity contribution in [2.75, 3.05) is 11.4 Å². The van der Waals surface area contributed by atoms with Crippen LogP contribution in [0.5, 0.6) is 0 Å². The lowest BCUT2D eigenvalue weighted by atomic mass is 9.85. The molecule has 1 saturated heterocycles. The van der Waals surface area contributed by atoms with Gasteiger partial charge in [0.1, 0.15) is 19.2 Å². The molecule has 1 N–H and O–H groups in total. The van der Waals surface area contributed by atoms with Crippen molar-refractivity contribution in [3.63, 3.8) is 0 Å². The van der Waals surface area contributed by atoms with Crippen molar-refractivity contribution in [1.29, 1.82) is 0 Å². The lowest BCUT2D eigenvalue weighted by Gasteiger charge is -2.40. The fourth-order valence-corrected chi connectivity index (χ4v) is 7.76. The van der Waals surface area contributed by atoms with E-state index in [1.165, 1.54) is 23.5 Å². The van der Waals surface area contributed by atoms with Gasteiger partial charge >= 0.3 is 5.97 Å². The highest BCUT2D eigenvalue weighted by Gasteiger charge is 2.48. The molecule has 1 atom stereocenters. The predicted molar refractivity (Wildman–Crippen MR) is 144 cm³/mol. The van der Waals surface area contributed by atoms with Crippen molar-refractivity contribution >= 4 is 27.6 Å². The van der Waals surface area contributed by atoms with Gasteiger partial charge < -0.3 is 9.64 Å². The summed E-state index contributed by atoms with van der Waals surface area (Å²) in [5.41, 5.74) is 2.81. The normalized spacial score (nSPS) is 18.9. The molecule has 1 amide bonds. The van der Waals surface area contributed by atoms with Crippen LogP contribution in [-0.4, -0.2) is 37.2 Å². The number of anilines is 1. The van der Waals surface area contributed by atoms with Gasteiger partial charge in [0.25, 0.3) is 0 Å². The van der Waals surface area contributed by atoms with E-state index in [1.54, 1.807) is 6.07 Å². The Balaban J connectivity index is 1.33. The SMILES string of the molecule is O=C1OCc2cc(N(Cc3ccc(C4CCCCC4)c[nH+]3)C(=O)[C@H]3CCN3S(=O)(=O)c3c(F)c(F)c(F)c(F)c3F)ccc21. The predicted octanol–water partition coefficient (Wildman–Crippen LogP) is 4.91. The molecule has 2 aliphatic heterocycles. The van der Waals surface area contributed by atoms with E-state index < -0.39 is 61.9 Å². The second kappa shape index (κ2) is 11.5. The molecular weight excluding hydrogens is 609 g/mol. The molecule has 14 heteroatoms. The van der Waals surface area contributed by atoms with Gasteiger partial charge in [0.15, 0.2) is 40.1 Å². The number of sulfonamides is 1. The van der Waals surface area contributed by atoms with E-state index in [0.29, 0.717) is 27.0 Å². The summed E-state index contributed by atoms with van der Waals surface area (Å²) in [6.45, 7) is -0.498. The molecule has 3 aromatic rings. The molecule has 44 heavy (non-hydrogen) atoms. The number of benzene rings is 2. The summed E-state index contributed by atoms with van der Waals surface area (Å²) >= 11 is 0. The van der Waals surface area contributed by atoms with Gasteiger partial charge in [-0.3, -0.25) is 4.79 Å².